The van der Waals surface area contributed by atoms with Gasteiger partial charge in [-0.15, -0.1) is 0 Å². The van der Waals surface area contributed by atoms with Gasteiger partial charge in [0.15, 0.2) is 0 Å². The number of hydrogen-bond donors (Lipinski definition) is 1. The highest BCUT2D eigenvalue weighted by Gasteiger charge is 2.16. The first-order valence-corrected chi connectivity index (χ1v) is 7.03. The molecule has 0 fully saturated rings. The highest BCUT2D eigenvalue weighted by molar-refractivity contribution is 5.94. The molecule has 0 spiro atoms. The van der Waals surface area contributed by atoms with Crippen LogP contribution < -0.4 is 0 Å². The number of hydrogen-bond acceptors (Lipinski definition) is 4. The zero-order chi connectivity index (χ0) is 15.7. The first-order valence-electron chi connectivity index (χ1n) is 7.03. The summed E-state index contributed by atoms with van der Waals surface area (Å²) in [5.74, 6) is -1.12. The minimum absolute atomic E-state index is 0.0724. The minimum atomic E-state index is -0.919. The summed E-state index contributed by atoms with van der Waals surface area (Å²) < 4.78 is 5.44. The first-order chi connectivity index (χ1) is 10.0. The number of ether oxygens (including phenoxy) is 1. The van der Waals surface area contributed by atoms with E-state index >= 15 is 0 Å². The molecule has 1 amide bonds. The predicted octanol–water partition coefficient (Wildman–Crippen LogP) is 1.81. The molecule has 0 atom stereocenters. The number of pyridine rings is 1. The van der Waals surface area contributed by atoms with Gasteiger partial charge in [-0.05, 0) is 32.4 Å². The summed E-state index contributed by atoms with van der Waals surface area (Å²) in [6.07, 6.45) is 3.82. The summed E-state index contributed by atoms with van der Waals surface area (Å²) in [7, 11) is 0. The second kappa shape index (κ2) is 9.07. The van der Waals surface area contributed by atoms with Crippen molar-refractivity contribution in [2.24, 2.45) is 0 Å². The molecule has 0 saturated heterocycles. The van der Waals surface area contributed by atoms with Crippen molar-refractivity contribution in [2.75, 3.05) is 19.7 Å². The van der Waals surface area contributed by atoms with E-state index in [-0.39, 0.29) is 25.0 Å². The number of carbonyl (C=O) groups excluding carboxylic acids is 1. The summed E-state index contributed by atoms with van der Waals surface area (Å²) in [6, 6.07) is 3.36. The fourth-order valence-corrected chi connectivity index (χ4v) is 1.79. The molecule has 0 bridgehead atoms. The zero-order valence-corrected chi connectivity index (χ0v) is 12.5. The van der Waals surface area contributed by atoms with Crippen LogP contribution in [0.5, 0.6) is 0 Å². The molecule has 0 aliphatic carbocycles. The average Bonchev–Trinajstić information content (AvgIpc) is 2.46. The van der Waals surface area contributed by atoms with Crippen molar-refractivity contribution < 1.29 is 19.4 Å². The third kappa shape index (κ3) is 6.85. The fraction of sp³-hybridized carbons (Fsp3) is 0.533. The normalized spacial score (nSPS) is 10.6. The largest absolute Gasteiger partial charge is 0.481 e. The van der Waals surface area contributed by atoms with E-state index in [9.17, 15) is 9.59 Å². The van der Waals surface area contributed by atoms with Gasteiger partial charge >= 0.3 is 5.97 Å². The quantitative estimate of drug-likeness (QED) is 0.703. The number of nitrogens with zero attached hydrogens (tertiary/aromatic N) is 2. The van der Waals surface area contributed by atoms with Gasteiger partial charge in [-0.2, -0.15) is 0 Å². The van der Waals surface area contributed by atoms with E-state index in [2.05, 4.69) is 4.98 Å². The summed E-state index contributed by atoms with van der Waals surface area (Å²) in [5.41, 5.74) is 0.465. The molecule has 1 aromatic heterocycles. The van der Waals surface area contributed by atoms with Crippen molar-refractivity contribution >= 4 is 11.9 Å². The maximum Gasteiger partial charge on any atom is 0.305 e. The topological polar surface area (TPSA) is 79.7 Å². The minimum Gasteiger partial charge on any atom is -0.481 e. The van der Waals surface area contributed by atoms with E-state index in [0.717, 1.165) is 0 Å². The molecular weight excluding hydrogens is 272 g/mol. The van der Waals surface area contributed by atoms with E-state index in [4.69, 9.17) is 9.84 Å². The summed E-state index contributed by atoms with van der Waals surface area (Å²) in [4.78, 5) is 28.5. The number of aromatic nitrogens is 1. The van der Waals surface area contributed by atoms with Gasteiger partial charge in [0, 0.05) is 32.1 Å². The van der Waals surface area contributed by atoms with Gasteiger partial charge in [0.2, 0.25) is 0 Å². The molecule has 0 unspecified atom stereocenters. The van der Waals surface area contributed by atoms with Crippen molar-refractivity contribution in [3.05, 3.63) is 30.1 Å². The van der Waals surface area contributed by atoms with Crippen LogP contribution >= 0.6 is 0 Å². The highest BCUT2D eigenvalue weighted by Crippen LogP contribution is 2.06. The maximum atomic E-state index is 12.3. The second-order valence-electron chi connectivity index (χ2n) is 4.95. The van der Waals surface area contributed by atoms with Crippen LogP contribution in [0.2, 0.25) is 0 Å². The Morgan fingerprint density at radius 3 is 2.71 bits per heavy atom. The van der Waals surface area contributed by atoms with Gasteiger partial charge in [0.25, 0.3) is 5.91 Å². The zero-order valence-electron chi connectivity index (χ0n) is 12.5. The molecule has 6 nitrogen and oxygen atoms in total. The predicted molar refractivity (Wildman–Crippen MR) is 78.1 cm³/mol. The Morgan fingerprint density at radius 2 is 2.14 bits per heavy atom. The molecule has 0 saturated carbocycles. The van der Waals surface area contributed by atoms with Crippen molar-refractivity contribution in [2.45, 2.75) is 32.8 Å². The second-order valence-corrected chi connectivity index (χ2v) is 4.95. The lowest BCUT2D eigenvalue weighted by Gasteiger charge is -2.22. The molecule has 6 heteroatoms. The third-order valence-corrected chi connectivity index (χ3v) is 2.81. The van der Waals surface area contributed by atoms with Crippen molar-refractivity contribution in [1.29, 1.82) is 0 Å². The summed E-state index contributed by atoms with van der Waals surface area (Å²) >= 11 is 0. The Kier molecular flexibility index (Phi) is 7.39. The number of carbonyl (C=O) groups is 2. The Morgan fingerprint density at radius 1 is 1.38 bits per heavy atom. The molecule has 0 radical (unpaired) electrons. The van der Waals surface area contributed by atoms with Crippen LogP contribution in [0.15, 0.2) is 24.5 Å². The highest BCUT2D eigenvalue weighted by atomic mass is 16.5. The van der Waals surface area contributed by atoms with Crippen molar-refractivity contribution in [3.8, 4) is 0 Å². The van der Waals surface area contributed by atoms with E-state index in [1.54, 1.807) is 18.3 Å². The molecule has 1 N–H and O–H groups in total. The van der Waals surface area contributed by atoms with Crippen molar-refractivity contribution in [1.82, 2.24) is 9.88 Å². The molecule has 1 aromatic rings. The van der Waals surface area contributed by atoms with Crippen LogP contribution in [0.3, 0.4) is 0 Å². The van der Waals surface area contributed by atoms with Gasteiger partial charge in [-0.1, -0.05) is 0 Å². The molecule has 1 rings (SSSR count). The van der Waals surface area contributed by atoms with Crippen LogP contribution in [0.25, 0.3) is 0 Å². The Hall–Kier alpha value is -1.95. The Labute approximate surface area is 124 Å². The Balaban J connectivity index is 2.59. The molecular formula is C15H22N2O4. The number of aliphatic carboxylic acids is 1. The standard InChI is InChI=1S/C15H22N2O4/c1-12(2)21-10-4-8-17(9-6-14(18)19)15(20)13-5-3-7-16-11-13/h3,5,7,11-12H,4,6,8-10H2,1-2H3,(H,18,19). The van der Waals surface area contributed by atoms with Gasteiger partial charge < -0.3 is 14.7 Å². The third-order valence-electron chi connectivity index (χ3n) is 2.81. The van der Waals surface area contributed by atoms with Crippen molar-refractivity contribution in [3.63, 3.8) is 0 Å². The van der Waals surface area contributed by atoms with Gasteiger partial charge in [0.05, 0.1) is 18.1 Å². The van der Waals surface area contributed by atoms with Gasteiger partial charge in [-0.25, -0.2) is 0 Å². The molecule has 21 heavy (non-hydrogen) atoms. The van der Waals surface area contributed by atoms with E-state index in [0.29, 0.717) is 25.1 Å². The number of rotatable bonds is 9. The lowest BCUT2D eigenvalue weighted by atomic mass is 10.2. The monoisotopic (exact) mass is 294 g/mol. The van der Waals surface area contributed by atoms with Crippen LogP contribution in [0.4, 0.5) is 0 Å². The maximum absolute atomic E-state index is 12.3. The lowest BCUT2D eigenvalue weighted by Crippen LogP contribution is -2.34. The average molecular weight is 294 g/mol. The molecule has 0 aromatic carbocycles. The number of carboxylic acids is 1. The molecule has 116 valence electrons. The first kappa shape index (κ1) is 17.1. The molecule has 0 aliphatic rings. The summed E-state index contributed by atoms with van der Waals surface area (Å²) in [6.45, 7) is 5.09. The SMILES string of the molecule is CC(C)OCCCN(CCC(=O)O)C(=O)c1cccnc1. The molecule has 0 aliphatic heterocycles. The van der Waals surface area contributed by atoms with Gasteiger partial charge in [-0.3, -0.25) is 14.6 Å². The Bertz CT molecular complexity index is 448. The van der Waals surface area contributed by atoms with E-state index < -0.39 is 5.97 Å². The summed E-state index contributed by atoms with van der Waals surface area (Å²) in [5, 5.41) is 8.78. The van der Waals surface area contributed by atoms with E-state index in [1.165, 1.54) is 11.1 Å². The van der Waals surface area contributed by atoms with Crippen LogP contribution in [-0.4, -0.2) is 52.7 Å². The van der Waals surface area contributed by atoms with E-state index in [1.807, 2.05) is 13.8 Å². The fourth-order valence-electron chi connectivity index (χ4n) is 1.79. The smallest absolute Gasteiger partial charge is 0.305 e. The van der Waals surface area contributed by atoms with Gasteiger partial charge in [0.1, 0.15) is 0 Å². The number of carboxylic acid groups (broad SMARTS) is 1. The van der Waals surface area contributed by atoms with Crippen LogP contribution in [-0.2, 0) is 9.53 Å². The number of amides is 1. The van der Waals surface area contributed by atoms with Crippen LogP contribution in [0.1, 0.15) is 37.0 Å². The lowest BCUT2D eigenvalue weighted by molar-refractivity contribution is -0.137. The molecule has 1 heterocycles. The van der Waals surface area contributed by atoms with Crippen LogP contribution in [0, 0.1) is 0 Å².